The molecule has 0 aliphatic heterocycles. The number of urea groups is 1. The molecule has 3 amide bonds. The van der Waals surface area contributed by atoms with Gasteiger partial charge in [-0.25, -0.2) is 9.18 Å². The Morgan fingerprint density at radius 3 is 2.33 bits per heavy atom. The van der Waals surface area contributed by atoms with Gasteiger partial charge in [0, 0.05) is 30.1 Å². The summed E-state index contributed by atoms with van der Waals surface area (Å²) in [6, 6.07) is 8.46. The predicted molar refractivity (Wildman–Crippen MR) is 132 cm³/mol. The number of amides is 3. The largest absolute Gasteiger partial charge is 0.493 e. The van der Waals surface area contributed by atoms with Crippen LogP contribution >= 0.6 is 0 Å². The maximum atomic E-state index is 14.8. The van der Waals surface area contributed by atoms with Gasteiger partial charge in [0.25, 0.3) is 0 Å². The molecule has 3 aromatic rings. The highest BCUT2D eigenvalue weighted by atomic mass is 19.1. The number of rotatable bonds is 7. The van der Waals surface area contributed by atoms with Crippen LogP contribution in [0.15, 0.2) is 42.6 Å². The number of nitrogens with one attached hydrogen (secondary N) is 2. The van der Waals surface area contributed by atoms with E-state index in [9.17, 15) is 14.0 Å². The van der Waals surface area contributed by atoms with Crippen molar-refractivity contribution in [1.29, 1.82) is 0 Å². The lowest BCUT2D eigenvalue weighted by Gasteiger charge is -2.15. The summed E-state index contributed by atoms with van der Waals surface area (Å²) in [5.74, 6) is 2.24. The van der Waals surface area contributed by atoms with Crippen molar-refractivity contribution < 1.29 is 28.2 Å². The van der Waals surface area contributed by atoms with Gasteiger partial charge in [-0.2, -0.15) is 0 Å². The van der Waals surface area contributed by atoms with Crippen LogP contribution < -0.4 is 24.8 Å². The maximum Gasteiger partial charge on any atom is 0.325 e. The van der Waals surface area contributed by atoms with Gasteiger partial charge in [-0.15, -0.1) is 0 Å². The number of nitrogens with zero attached hydrogens (tertiary/aromatic N) is 1. The zero-order valence-electron chi connectivity index (χ0n) is 20.2. The molecule has 0 atom stereocenters. The molecule has 8 nitrogen and oxygen atoms in total. The molecular weight excluding hydrogens is 465 g/mol. The summed E-state index contributed by atoms with van der Waals surface area (Å²) in [6.45, 7) is 0. The first-order valence-corrected chi connectivity index (χ1v) is 12.0. The third-order valence-electron chi connectivity index (χ3n) is 7.32. The Morgan fingerprint density at radius 2 is 1.67 bits per heavy atom. The summed E-state index contributed by atoms with van der Waals surface area (Å²) in [5.41, 5.74) is 0.565. The summed E-state index contributed by atoms with van der Waals surface area (Å²) < 4.78 is 31.4. The van der Waals surface area contributed by atoms with Crippen molar-refractivity contribution in [2.75, 3.05) is 19.5 Å². The van der Waals surface area contributed by atoms with E-state index in [1.165, 1.54) is 58.1 Å². The highest BCUT2D eigenvalue weighted by molar-refractivity contribution is 6.01. The number of hydrogen-bond acceptors (Lipinski definition) is 6. The number of pyridine rings is 1. The van der Waals surface area contributed by atoms with E-state index in [2.05, 4.69) is 15.6 Å². The van der Waals surface area contributed by atoms with Gasteiger partial charge in [0.05, 0.1) is 25.4 Å². The number of carbonyl (C=O) groups excluding carboxylic acids is 2. The normalized spacial score (nSPS) is 20.2. The molecule has 1 aromatic heterocycles. The Morgan fingerprint density at radius 1 is 0.972 bits per heavy atom. The summed E-state index contributed by atoms with van der Waals surface area (Å²) in [4.78, 5) is 29.0. The quantitative estimate of drug-likeness (QED) is 0.441. The van der Waals surface area contributed by atoms with Gasteiger partial charge < -0.3 is 19.5 Å². The molecule has 0 radical (unpaired) electrons. The van der Waals surface area contributed by atoms with Crippen molar-refractivity contribution in [2.45, 2.75) is 32.1 Å². The molecule has 1 heterocycles. The zero-order chi connectivity index (χ0) is 25.2. The van der Waals surface area contributed by atoms with Crippen LogP contribution in [0.1, 0.15) is 32.1 Å². The molecule has 5 rings (SSSR count). The fourth-order valence-corrected chi connectivity index (χ4v) is 5.59. The topological polar surface area (TPSA) is 98.8 Å². The fourth-order valence-electron chi connectivity index (χ4n) is 5.59. The van der Waals surface area contributed by atoms with Crippen molar-refractivity contribution >= 4 is 28.5 Å². The van der Waals surface area contributed by atoms with Gasteiger partial charge in [0.2, 0.25) is 5.91 Å². The second kappa shape index (κ2) is 10.0. The molecule has 2 N–H and O–H groups in total. The van der Waals surface area contributed by atoms with E-state index in [4.69, 9.17) is 14.2 Å². The van der Waals surface area contributed by atoms with Crippen LogP contribution in [0.3, 0.4) is 0 Å². The maximum absolute atomic E-state index is 14.8. The first-order chi connectivity index (χ1) is 17.4. The molecule has 0 unspecified atom stereocenters. The van der Waals surface area contributed by atoms with Gasteiger partial charge in [0.1, 0.15) is 17.3 Å². The predicted octanol–water partition coefficient (Wildman–Crippen LogP) is 5.66. The van der Waals surface area contributed by atoms with E-state index in [-0.39, 0.29) is 17.3 Å². The van der Waals surface area contributed by atoms with Crippen LogP contribution in [-0.2, 0) is 4.79 Å². The second-order valence-electron chi connectivity index (χ2n) is 9.32. The van der Waals surface area contributed by atoms with Crippen LogP contribution in [-0.4, -0.2) is 31.1 Å². The molecule has 0 saturated heterocycles. The Bertz CT molecular complexity index is 1290. The second-order valence-corrected chi connectivity index (χ2v) is 9.32. The van der Waals surface area contributed by atoms with E-state index in [1.54, 1.807) is 24.4 Å². The average molecular weight is 494 g/mol. The number of anilines is 1. The van der Waals surface area contributed by atoms with Crippen molar-refractivity contribution in [3.05, 3.63) is 48.4 Å². The molecule has 0 spiro atoms. The SMILES string of the molecule is COc1cc2nccc(Oc3ccc(NC(=O)NC(=O)CC4C5CCC4CC5)c(F)c3)c2cc1OC. The van der Waals surface area contributed by atoms with Crippen molar-refractivity contribution in [3.63, 3.8) is 0 Å². The minimum Gasteiger partial charge on any atom is -0.493 e. The lowest BCUT2D eigenvalue weighted by Crippen LogP contribution is -2.36. The van der Waals surface area contributed by atoms with Crippen LogP contribution in [0.25, 0.3) is 10.9 Å². The number of halogens is 1. The highest BCUT2D eigenvalue weighted by Crippen LogP contribution is 2.50. The molecule has 2 saturated carbocycles. The number of carbonyl (C=O) groups is 2. The van der Waals surface area contributed by atoms with E-state index in [1.807, 2.05) is 0 Å². The molecule has 36 heavy (non-hydrogen) atoms. The molecule has 188 valence electrons. The van der Waals surface area contributed by atoms with E-state index in [0.717, 1.165) is 0 Å². The van der Waals surface area contributed by atoms with Crippen LogP contribution in [0.2, 0.25) is 0 Å². The smallest absolute Gasteiger partial charge is 0.325 e. The third-order valence-corrected chi connectivity index (χ3v) is 7.32. The Kier molecular flexibility index (Phi) is 6.63. The lowest BCUT2D eigenvalue weighted by atomic mass is 9.94. The monoisotopic (exact) mass is 493 g/mol. The lowest BCUT2D eigenvalue weighted by molar-refractivity contribution is -0.121. The number of benzene rings is 2. The number of imide groups is 1. The van der Waals surface area contributed by atoms with Gasteiger partial charge in [-0.1, -0.05) is 0 Å². The average Bonchev–Trinajstić information content (AvgIpc) is 3.43. The summed E-state index contributed by atoms with van der Waals surface area (Å²) in [7, 11) is 3.07. The van der Waals surface area contributed by atoms with Gasteiger partial charge >= 0.3 is 6.03 Å². The molecule has 2 fully saturated rings. The summed E-state index contributed by atoms with van der Waals surface area (Å²) in [6.07, 6.45) is 6.61. The molecule has 2 aliphatic carbocycles. The van der Waals surface area contributed by atoms with E-state index >= 15 is 0 Å². The number of aromatic nitrogens is 1. The number of methoxy groups -OCH3 is 2. The third kappa shape index (κ3) is 4.78. The van der Waals surface area contributed by atoms with Gasteiger partial charge in [0.15, 0.2) is 11.5 Å². The molecule has 2 aromatic carbocycles. The standard InChI is InChI=1S/C27H28FN3O5/c1-34-24-12-19-22(14-25(24)35-2)29-10-9-23(19)36-17-7-8-21(20(28)11-17)30-27(33)31-26(32)13-18-15-3-4-16(18)6-5-15/h7-12,14-16,18H,3-6,13H2,1-2H3,(H2,30,31,32,33). The van der Waals surface area contributed by atoms with E-state index < -0.39 is 11.8 Å². The van der Waals surface area contributed by atoms with Gasteiger partial charge in [-0.3, -0.25) is 15.1 Å². The zero-order valence-corrected chi connectivity index (χ0v) is 20.2. The van der Waals surface area contributed by atoms with Crippen LogP contribution in [0, 0.1) is 23.6 Å². The van der Waals surface area contributed by atoms with Crippen molar-refractivity contribution in [1.82, 2.24) is 10.3 Å². The minimum atomic E-state index is -0.751. The Hall–Kier alpha value is -3.88. The highest BCUT2D eigenvalue weighted by Gasteiger charge is 2.42. The Balaban J connectivity index is 1.24. The van der Waals surface area contributed by atoms with Crippen molar-refractivity contribution in [3.8, 4) is 23.0 Å². The summed E-state index contributed by atoms with van der Waals surface area (Å²) in [5, 5.41) is 5.40. The van der Waals surface area contributed by atoms with Crippen molar-refractivity contribution in [2.24, 2.45) is 17.8 Å². The van der Waals surface area contributed by atoms with Crippen LogP contribution in [0.4, 0.5) is 14.9 Å². The first-order valence-electron chi connectivity index (χ1n) is 12.0. The minimum absolute atomic E-state index is 0.0559. The molecule has 2 aliphatic rings. The number of fused-ring (bicyclic) bond motifs is 3. The molecule has 2 bridgehead atoms. The van der Waals surface area contributed by atoms with Crippen LogP contribution in [0.5, 0.6) is 23.0 Å². The Labute approximate surface area is 208 Å². The number of ether oxygens (including phenoxy) is 3. The summed E-state index contributed by atoms with van der Waals surface area (Å²) >= 11 is 0. The van der Waals surface area contributed by atoms with Gasteiger partial charge in [-0.05, 0) is 67.7 Å². The fraction of sp³-hybridized carbons (Fsp3) is 0.370. The molecular formula is C27H28FN3O5. The van der Waals surface area contributed by atoms with E-state index in [0.29, 0.717) is 52.3 Å². The number of hydrogen-bond donors (Lipinski definition) is 2. The molecule has 9 heteroatoms. The first kappa shape index (κ1) is 23.8.